The van der Waals surface area contributed by atoms with Gasteiger partial charge >= 0.3 is 0 Å². The molecule has 3 nitrogen and oxygen atoms in total. The minimum atomic E-state index is -0.239. The highest BCUT2D eigenvalue weighted by atomic mass is 35.5. The molecular weight excluding hydrogens is 290 g/mol. The number of aryl methyl sites for hydroxylation is 2. The molecule has 0 saturated carbocycles. The van der Waals surface area contributed by atoms with E-state index in [2.05, 4.69) is 4.98 Å². The van der Waals surface area contributed by atoms with E-state index < -0.39 is 0 Å². The van der Waals surface area contributed by atoms with Crippen LogP contribution in [0.5, 0.6) is 0 Å². The van der Waals surface area contributed by atoms with Gasteiger partial charge in [0.05, 0.1) is 20.2 Å². The standard InChI is InChI=1S/C12H12ClNO2S2/c1-6-7(2)16-12(14-6)17-8(3)11(15)9-4-5-10(13)18-9/h4-5,8H,1-3H3. The zero-order valence-corrected chi connectivity index (χ0v) is 12.6. The van der Waals surface area contributed by atoms with Crippen molar-refractivity contribution < 1.29 is 9.21 Å². The van der Waals surface area contributed by atoms with Crippen LogP contribution in [0.3, 0.4) is 0 Å². The Kier molecular flexibility index (Phi) is 4.14. The molecule has 1 unspecified atom stereocenters. The fourth-order valence-corrected chi connectivity index (χ4v) is 3.39. The average molecular weight is 302 g/mol. The number of Topliss-reactive ketones (excluding diaryl/α,β-unsaturated/α-hetero) is 1. The smallest absolute Gasteiger partial charge is 0.256 e. The quantitative estimate of drug-likeness (QED) is 0.621. The van der Waals surface area contributed by atoms with Gasteiger partial charge in [-0.05, 0) is 32.9 Å². The van der Waals surface area contributed by atoms with Crippen molar-refractivity contribution in [3.8, 4) is 0 Å². The summed E-state index contributed by atoms with van der Waals surface area (Å²) in [6.07, 6.45) is 0. The number of nitrogens with zero attached hydrogens (tertiary/aromatic N) is 1. The van der Waals surface area contributed by atoms with E-state index in [9.17, 15) is 4.79 Å². The summed E-state index contributed by atoms with van der Waals surface area (Å²) in [4.78, 5) is 17.0. The Bertz CT molecular complexity index is 557. The number of rotatable bonds is 4. The van der Waals surface area contributed by atoms with Crippen molar-refractivity contribution in [3.05, 3.63) is 32.8 Å². The van der Waals surface area contributed by atoms with Crippen LogP contribution in [0, 0.1) is 13.8 Å². The molecule has 96 valence electrons. The van der Waals surface area contributed by atoms with Crippen LogP contribution in [0.15, 0.2) is 21.8 Å². The van der Waals surface area contributed by atoms with Crippen LogP contribution in [0.1, 0.15) is 28.0 Å². The van der Waals surface area contributed by atoms with Crippen molar-refractivity contribution in [2.75, 3.05) is 0 Å². The molecule has 18 heavy (non-hydrogen) atoms. The van der Waals surface area contributed by atoms with E-state index in [-0.39, 0.29) is 11.0 Å². The zero-order chi connectivity index (χ0) is 13.3. The van der Waals surface area contributed by atoms with E-state index in [1.54, 1.807) is 12.1 Å². The van der Waals surface area contributed by atoms with Crippen molar-refractivity contribution in [2.45, 2.75) is 31.2 Å². The summed E-state index contributed by atoms with van der Waals surface area (Å²) in [6.45, 7) is 5.59. The molecule has 0 aromatic carbocycles. The average Bonchev–Trinajstić information content (AvgIpc) is 2.85. The van der Waals surface area contributed by atoms with Gasteiger partial charge in [-0.25, -0.2) is 4.98 Å². The van der Waals surface area contributed by atoms with Gasteiger partial charge in [0.1, 0.15) is 5.76 Å². The molecule has 0 radical (unpaired) electrons. The van der Waals surface area contributed by atoms with Crippen LogP contribution in [0.25, 0.3) is 0 Å². The van der Waals surface area contributed by atoms with Crippen molar-refractivity contribution >= 4 is 40.5 Å². The van der Waals surface area contributed by atoms with E-state index in [1.165, 1.54) is 23.1 Å². The summed E-state index contributed by atoms with van der Waals surface area (Å²) < 4.78 is 6.08. The summed E-state index contributed by atoms with van der Waals surface area (Å²) in [5.74, 6) is 0.835. The molecule has 0 bridgehead atoms. The number of hydrogen-bond acceptors (Lipinski definition) is 5. The number of oxazole rings is 1. The number of aromatic nitrogens is 1. The highest BCUT2D eigenvalue weighted by Crippen LogP contribution is 2.29. The maximum atomic E-state index is 12.1. The van der Waals surface area contributed by atoms with Crippen LogP contribution in [-0.2, 0) is 0 Å². The zero-order valence-electron chi connectivity index (χ0n) is 10.2. The molecule has 0 fully saturated rings. The second-order valence-electron chi connectivity index (χ2n) is 3.85. The summed E-state index contributed by atoms with van der Waals surface area (Å²) in [7, 11) is 0. The Balaban J connectivity index is 2.08. The first-order chi connectivity index (χ1) is 8.47. The Morgan fingerprint density at radius 3 is 2.72 bits per heavy atom. The lowest BCUT2D eigenvalue weighted by Crippen LogP contribution is -2.11. The van der Waals surface area contributed by atoms with Crippen LogP contribution < -0.4 is 0 Å². The molecule has 0 aliphatic heterocycles. The summed E-state index contributed by atoms with van der Waals surface area (Å²) in [6, 6.07) is 3.48. The van der Waals surface area contributed by atoms with Gasteiger partial charge in [-0.1, -0.05) is 23.4 Å². The van der Waals surface area contributed by atoms with Crippen LogP contribution in [0.2, 0.25) is 4.34 Å². The number of thioether (sulfide) groups is 1. The molecule has 1 atom stereocenters. The fraction of sp³-hybridized carbons (Fsp3) is 0.333. The summed E-state index contributed by atoms with van der Waals surface area (Å²) in [5.41, 5.74) is 0.858. The molecule has 0 amide bonds. The van der Waals surface area contributed by atoms with E-state index in [1.807, 2.05) is 20.8 Å². The minimum Gasteiger partial charge on any atom is -0.437 e. The van der Waals surface area contributed by atoms with Gasteiger partial charge in [0.25, 0.3) is 5.22 Å². The van der Waals surface area contributed by atoms with Crippen molar-refractivity contribution in [1.82, 2.24) is 4.98 Å². The number of ketones is 1. The number of halogens is 1. The normalized spacial score (nSPS) is 12.7. The van der Waals surface area contributed by atoms with Crippen molar-refractivity contribution in [1.29, 1.82) is 0 Å². The van der Waals surface area contributed by atoms with E-state index >= 15 is 0 Å². The Morgan fingerprint density at radius 2 is 2.22 bits per heavy atom. The van der Waals surface area contributed by atoms with Crippen molar-refractivity contribution in [2.24, 2.45) is 0 Å². The maximum Gasteiger partial charge on any atom is 0.256 e. The van der Waals surface area contributed by atoms with Gasteiger partial charge in [0.15, 0.2) is 5.78 Å². The second-order valence-corrected chi connectivity index (χ2v) is 6.86. The third-order valence-electron chi connectivity index (χ3n) is 2.47. The third-order valence-corrected chi connectivity index (χ3v) is 4.66. The van der Waals surface area contributed by atoms with Crippen LogP contribution in [0.4, 0.5) is 0 Å². The summed E-state index contributed by atoms with van der Waals surface area (Å²) in [5, 5.41) is 0.297. The maximum absolute atomic E-state index is 12.1. The van der Waals surface area contributed by atoms with E-state index in [0.29, 0.717) is 14.4 Å². The molecule has 2 heterocycles. The van der Waals surface area contributed by atoms with Crippen molar-refractivity contribution in [3.63, 3.8) is 0 Å². The van der Waals surface area contributed by atoms with E-state index in [0.717, 1.165) is 11.5 Å². The molecule has 2 aromatic heterocycles. The predicted octanol–water partition coefficient (Wildman–Crippen LogP) is 4.37. The number of hydrogen-bond donors (Lipinski definition) is 0. The van der Waals surface area contributed by atoms with Gasteiger partial charge in [-0.2, -0.15) is 0 Å². The lowest BCUT2D eigenvalue weighted by molar-refractivity contribution is 0.0997. The first kappa shape index (κ1) is 13.6. The molecule has 0 aliphatic rings. The third kappa shape index (κ3) is 2.96. The Hall–Kier alpha value is -0.780. The molecule has 2 aromatic rings. The Labute approximate surface area is 119 Å². The largest absolute Gasteiger partial charge is 0.437 e. The first-order valence-electron chi connectivity index (χ1n) is 5.37. The van der Waals surface area contributed by atoms with Crippen LogP contribution in [-0.4, -0.2) is 16.0 Å². The second kappa shape index (κ2) is 5.47. The van der Waals surface area contributed by atoms with E-state index in [4.69, 9.17) is 16.0 Å². The minimum absolute atomic E-state index is 0.0467. The molecule has 0 spiro atoms. The highest BCUT2D eigenvalue weighted by molar-refractivity contribution is 8.00. The molecule has 2 rings (SSSR count). The lowest BCUT2D eigenvalue weighted by atomic mass is 10.2. The van der Waals surface area contributed by atoms with Crippen LogP contribution >= 0.6 is 34.7 Å². The fourth-order valence-electron chi connectivity index (χ4n) is 1.35. The van der Waals surface area contributed by atoms with Gasteiger partial charge in [-0.15, -0.1) is 11.3 Å². The van der Waals surface area contributed by atoms with Gasteiger partial charge in [0.2, 0.25) is 0 Å². The highest BCUT2D eigenvalue weighted by Gasteiger charge is 2.20. The lowest BCUT2D eigenvalue weighted by Gasteiger charge is -2.05. The topological polar surface area (TPSA) is 43.1 Å². The molecule has 0 aliphatic carbocycles. The number of thiophene rings is 1. The molecule has 0 N–H and O–H groups in total. The van der Waals surface area contributed by atoms with Gasteiger partial charge < -0.3 is 4.42 Å². The molecule has 0 saturated heterocycles. The first-order valence-corrected chi connectivity index (χ1v) is 7.45. The number of carbonyl (C=O) groups is 1. The predicted molar refractivity (Wildman–Crippen MR) is 75.0 cm³/mol. The Morgan fingerprint density at radius 1 is 1.50 bits per heavy atom. The molecular formula is C12H12ClNO2S2. The monoisotopic (exact) mass is 301 g/mol. The van der Waals surface area contributed by atoms with Gasteiger partial charge in [0, 0.05) is 0 Å². The number of carbonyl (C=O) groups excluding carboxylic acids is 1. The van der Waals surface area contributed by atoms with Gasteiger partial charge in [-0.3, -0.25) is 4.79 Å². The molecule has 6 heteroatoms. The SMILES string of the molecule is Cc1nc(SC(C)C(=O)c2ccc(Cl)s2)oc1C. The summed E-state index contributed by atoms with van der Waals surface area (Å²) >= 11 is 8.44.